The number of carbonyl (C=O) groups excluding carboxylic acids is 1. The molecule has 4 N–H and O–H groups in total. The summed E-state index contributed by atoms with van der Waals surface area (Å²) in [5.74, 6) is 6.65. The van der Waals surface area contributed by atoms with Crippen molar-refractivity contribution in [1.29, 1.82) is 0 Å². The van der Waals surface area contributed by atoms with E-state index in [1.165, 1.54) is 12.7 Å². The lowest BCUT2D eigenvalue weighted by atomic mass is 10.1. The molecule has 1 aromatic heterocycles. The van der Waals surface area contributed by atoms with E-state index in [-0.39, 0.29) is 12.5 Å². The second-order valence-electron chi connectivity index (χ2n) is 4.64. The van der Waals surface area contributed by atoms with Crippen LogP contribution in [0.15, 0.2) is 6.33 Å². The maximum atomic E-state index is 12.0. The van der Waals surface area contributed by atoms with Gasteiger partial charge in [0.05, 0.1) is 6.54 Å². The highest BCUT2D eigenvalue weighted by atomic mass is 16.2. The number of amides is 1. The van der Waals surface area contributed by atoms with E-state index in [2.05, 4.69) is 20.7 Å². The number of hydrogen-bond acceptors (Lipinski definition) is 6. The van der Waals surface area contributed by atoms with Crippen molar-refractivity contribution in [3.05, 3.63) is 11.9 Å². The molecule has 0 saturated carbocycles. The van der Waals surface area contributed by atoms with E-state index in [1.807, 2.05) is 11.8 Å². The summed E-state index contributed by atoms with van der Waals surface area (Å²) in [6, 6.07) is 0. The number of hydrogen-bond donors (Lipinski definition) is 3. The number of anilines is 2. The Morgan fingerprint density at radius 3 is 2.68 bits per heavy atom. The fourth-order valence-corrected chi connectivity index (χ4v) is 2.19. The number of nitrogen functional groups attached to an aromatic ring is 1. The zero-order chi connectivity index (χ0) is 13.7. The van der Waals surface area contributed by atoms with Gasteiger partial charge in [0, 0.05) is 18.7 Å². The van der Waals surface area contributed by atoms with Crippen LogP contribution in [0.4, 0.5) is 11.6 Å². The Bertz CT molecular complexity index is 444. The number of hydrazine groups is 1. The number of nitrogens with two attached hydrogens (primary N) is 1. The van der Waals surface area contributed by atoms with Gasteiger partial charge in [-0.2, -0.15) is 0 Å². The van der Waals surface area contributed by atoms with Crippen LogP contribution in [-0.2, 0) is 4.79 Å². The molecule has 19 heavy (non-hydrogen) atoms. The SMILES string of the molecule is Cc1c(NN)ncnc1NCC(=O)N1CCCCC1. The fraction of sp³-hybridized carbons (Fsp3) is 0.583. The van der Waals surface area contributed by atoms with E-state index < -0.39 is 0 Å². The Hall–Kier alpha value is -1.89. The van der Waals surface area contributed by atoms with Gasteiger partial charge in [0.2, 0.25) is 5.91 Å². The molecule has 0 bridgehead atoms. The van der Waals surface area contributed by atoms with Crippen molar-refractivity contribution >= 4 is 17.5 Å². The van der Waals surface area contributed by atoms with Crippen LogP contribution in [0.3, 0.4) is 0 Å². The van der Waals surface area contributed by atoms with E-state index in [1.54, 1.807) is 0 Å². The van der Waals surface area contributed by atoms with Gasteiger partial charge in [-0.15, -0.1) is 0 Å². The quantitative estimate of drug-likeness (QED) is 0.541. The van der Waals surface area contributed by atoms with Crippen molar-refractivity contribution in [3.8, 4) is 0 Å². The molecule has 0 aliphatic carbocycles. The number of likely N-dealkylation sites (tertiary alicyclic amines) is 1. The maximum Gasteiger partial charge on any atom is 0.241 e. The van der Waals surface area contributed by atoms with Gasteiger partial charge in [0.1, 0.15) is 18.0 Å². The summed E-state index contributed by atoms with van der Waals surface area (Å²) in [5, 5.41) is 3.05. The minimum absolute atomic E-state index is 0.111. The lowest BCUT2D eigenvalue weighted by molar-refractivity contribution is -0.130. The minimum Gasteiger partial charge on any atom is -0.361 e. The van der Waals surface area contributed by atoms with E-state index in [0.29, 0.717) is 11.6 Å². The second kappa shape index (κ2) is 6.33. The van der Waals surface area contributed by atoms with Gasteiger partial charge < -0.3 is 15.6 Å². The Morgan fingerprint density at radius 1 is 1.32 bits per heavy atom. The molecule has 1 aromatic rings. The predicted molar refractivity (Wildman–Crippen MR) is 73.5 cm³/mol. The number of carbonyl (C=O) groups is 1. The average molecular weight is 264 g/mol. The standard InChI is InChI=1S/C12H20N6O/c1-9-11(15-8-16-12(9)17-13)14-7-10(19)18-5-3-2-4-6-18/h8H,2-7,13H2,1H3,(H2,14,15,16,17). The van der Waals surface area contributed by atoms with Crippen molar-refractivity contribution in [1.82, 2.24) is 14.9 Å². The number of nitrogens with one attached hydrogen (secondary N) is 2. The van der Waals surface area contributed by atoms with Crippen LogP contribution in [0.1, 0.15) is 24.8 Å². The Labute approximate surface area is 112 Å². The van der Waals surface area contributed by atoms with Crippen molar-refractivity contribution in [2.45, 2.75) is 26.2 Å². The zero-order valence-electron chi connectivity index (χ0n) is 11.1. The molecule has 7 heteroatoms. The van der Waals surface area contributed by atoms with Gasteiger partial charge in [-0.1, -0.05) is 0 Å². The Morgan fingerprint density at radius 2 is 2.00 bits per heavy atom. The highest BCUT2D eigenvalue weighted by molar-refractivity contribution is 5.81. The molecular formula is C12H20N6O. The van der Waals surface area contributed by atoms with Crippen molar-refractivity contribution in [3.63, 3.8) is 0 Å². The molecule has 1 amide bonds. The van der Waals surface area contributed by atoms with Crippen LogP contribution in [-0.4, -0.2) is 40.4 Å². The second-order valence-corrected chi connectivity index (χ2v) is 4.64. The van der Waals surface area contributed by atoms with Crippen LogP contribution in [0, 0.1) is 6.92 Å². The van der Waals surface area contributed by atoms with Crippen LogP contribution < -0.4 is 16.6 Å². The number of piperidine rings is 1. The van der Waals surface area contributed by atoms with Crippen LogP contribution in [0.25, 0.3) is 0 Å². The van der Waals surface area contributed by atoms with Crippen molar-refractivity contribution in [2.24, 2.45) is 5.84 Å². The zero-order valence-corrected chi connectivity index (χ0v) is 11.1. The summed E-state index contributed by atoms with van der Waals surface area (Å²) >= 11 is 0. The largest absolute Gasteiger partial charge is 0.361 e. The summed E-state index contributed by atoms with van der Waals surface area (Å²) in [5.41, 5.74) is 3.30. The third-order valence-electron chi connectivity index (χ3n) is 3.34. The van der Waals surface area contributed by atoms with E-state index in [9.17, 15) is 4.79 Å². The average Bonchev–Trinajstić information content (AvgIpc) is 2.47. The monoisotopic (exact) mass is 264 g/mol. The number of rotatable bonds is 4. The van der Waals surface area contributed by atoms with Gasteiger partial charge in [-0.25, -0.2) is 15.8 Å². The van der Waals surface area contributed by atoms with E-state index >= 15 is 0 Å². The molecule has 2 rings (SSSR count). The van der Waals surface area contributed by atoms with Gasteiger partial charge in [-0.3, -0.25) is 4.79 Å². The molecule has 1 aliphatic heterocycles. The van der Waals surface area contributed by atoms with Crippen LogP contribution in [0.2, 0.25) is 0 Å². The smallest absolute Gasteiger partial charge is 0.241 e. The third-order valence-corrected chi connectivity index (χ3v) is 3.34. The van der Waals surface area contributed by atoms with Crippen molar-refractivity contribution in [2.75, 3.05) is 30.4 Å². The first-order chi connectivity index (χ1) is 9.22. The lowest BCUT2D eigenvalue weighted by Gasteiger charge is -2.26. The van der Waals surface area contributed by atoms with Gasteiger partial charge in [0.25, 0.3) is 0 Å². The van der Waals surface area contributed by atoms with Crippen LogP contribution >= 0.6 is 0 Å². The molecule has 0 aromatic carbocycles. The van der Waals surface area contributed by atoms with Crippen molar-refractivity contribution < 1.29 is 4.79 Å². The normalized spacial score (nSPS) is 15.2. The van der Waals surface area contributed by atoms with Gasteiger partial charge in [0.15, 0.2) is 0 Å². The molecule has 1 saturated heterocycles. The van der Waals surface area contributed by atoms with Gasteiger partial charge >= 0.3 is 0 Å². The molecule has 7 nitrogen and oxygen atoms in total. The highest BCUT2D eigenvalue weighted by Crippen LogP contribution is 2.17. The lowest BCUT2D eigenvalue weighted by Crippen LogP contribution is -2.39. The molecule has 0 radical (unpaired) electrons. The molecule has 1 aliphatic rings. The fourth-order valence-electron chi connectivity index (χ4n) is 2.19. The Balaban J connectivity index is 1.93. The van der Waals surface area contributed by atoms with E-state index in [0.717, 1.165) is 31.5 Å². The third kappa shape index (κ3) is 3.31. The van der Waals surface area contributed by atoms with E-state index in [4.69, 9.17) is 5.84 Å². The topological polar surface area (TPSA) is 96.2 Å². The summed E-state index contributed by atoms with van der Waals surface area (Å²) in [4.78, 5) is 22.0. The highest BCUT2D eigenvalue weighted by Gasteiger charge is 2.16. The molecular weight excluding hydrogens is 244 g/mol. The number of nitrogens with zero attached hydrogens (tertiary/aromatic N) is 3. The Kier molecular flexibility index (Phi) is 4.51. The summed E-state index contributed by atoms with van der Waals surface area (Å²) < 4.78 is 0. The first-order valence-corrected chi connectivity index (χ1v) is 6.52. The van der Waals surface area contributed by atoms with Crippen LogP contribution in [0.5, 0.6) is 0 Å². The van der Waals surface area contributed by atoms with Gasteiger partial charge in [-0.05, 0) is 26.2 Å². The minimum atomic E-state index is 0.111. The first-order valence-electron chi connectivity index (χ1n) is 6.52. The number of aromatic nitrogens is 2. The summed E-state index contributed by atoms with van der Waals surface area (Å²) in [6.07, 6.45) is 4.82. The molecule has 104 valence electrons. The molecule has 0 atom stereocenters. The summed E-state index contributed by atoms with van der Waals surface area (Å²) in [6.45, 7) is 3.82. The first kappa shape index (κ1) is 13.5. The maximum absolute atomic E-state index is 12.0. The molecule has 0 unspecified atom stereocenters. The summed E-state index contributed by atoms with van der Waals surface area (Å²) in [7, 11) is 0. The molecule has 1 fully saturated rings. The predicted octanol–water partition coefficient (Wildman–Crippen LogP) is 0.495. The molecule has 2 heterocycles. The molecule has 0 spiro atoms.